The highest BCUT2D eigenvalue weighted by Crippen LogP contribution is 2.39. The van der Waals surface area contributed by atoms with E-state index in [2.05, 4.69) is 58.4 Å². The lowest BCUT2D eigenvalue weighted by atomic mass is 9.89. The third kappa shape index (κ3) is 4.77. The number of rotatable bonds is 8. The number of thiophene rings is 2. The van der Waals surface area contributed by atoms with E-state index in [4.69, 9.17) is 0 Å². The number of fused-ring (bicyclic) bond motifs is 1. The average molecular weight is 486 g/mol. The largest absolute Gasteiger partial charge is 0.316 e. The van der Waals surface area contributed by atoms with Gasteiger partial charge in [0.25, 0.3) is 0 Å². The van der Waals surface area contributed by atoms with Crippen LogP contribution >= 0.6 is 34.4 Å². The molecule has 1 unspecified atom stereocenters. The van der Waals surface area contributed by atoms with Gasteiger partial charge in [-0.05, 0) is 49.7 Å². The first-order valence-corrected chi connectivity index (χ1v) is 13.7. The first-order valence-electron chi connectivity index (χ1n) is 11.0. The highest BCUT2D eigenvalue weighted by Gasteiger charge is 2.25. The summed E-state index contributed by atoms with van der Waals surface area (Å²) in [5.41, 5.74) is 2.87. The SMILES string of the molecule is CCCn1c(SCC(=O)Nc2sc3c(c2C#N)CCC(C)C3)nnc1-c1csc(CC)c1. The average Bonchev–Trinajstić information content (AvgIpc) is 3.48. The van der Waals surface area contributed by atoms with E-state index in [0.29, 0.717) is 16.5 Å². The smallest absolute Gasteiger partial charge is 0.235 e. The second-order valence-electron chi connectivity index (χ2n) is 8.12. The van der Waals surface area contributed by atoms with Crippen LogP contribution in [0, 0.1) is 17.2 Å². The number of carbonyl (C=O) groups is 1. The van der Waals surface area contributed by atoms with Crippen molar-refractivity contribution in [3.05, 3.63) is 32.3 Å². The van der Waals surface area contributed by atoms with Gasteiger partial charge in [0.1, 0.15) is 11.1 Å². The Balaban J connectivity index is 1.46. The van der Waals surface area contributed by atoms with Crippen LogP contribution in [-0.4, -0.2) is 26.4 Å². The topological polar surface area (TPSA) is 83.6 Å². The second kappa shape index (κ2) is 10.2. The van der Waals surface area contributed by atoms with Crippen molar-refractivity contribution in [1.29, 1.82) is 5.26 Å². The van der Waals surface area contributed by atoms with Gasteiger partial charge < -0.3 is 9.88 Å². The van der Waals surface area contributed by atoms with Crippen molar-refractivity contribution in [2.24, 2.45) is 5.92 Å². The minimum Gasteiger partial charge on any atom is -0.316 e. The quantitative estimate of drug-likeness (QED) is 0.410. The van der Waals surface area contributed by atoms with Crippen molar-refractivity contribution in [3.8, 4) is 17.5 Å². The zero-order valence-corrected chi connectivity index (χ0v) is 21.1. The summed E-state index contributed by atoms with van der Waals surface area (Å²) in [6.07, 6.45) is 4.97. The molecule has 3 heterocycles. The van der Waals surface area contributed by atoms with Gasteiger partial charge in [0.2, 0.25) is 5.91 Å². The minimum absolute atomic E-state index is 0.116. The maximum Gasteiger partial charge on any atom is 0.235 e. The van der Waals surface area contributed by atoms with Gasteiger partial charge in [0.15, 0.2) is 11.0 Å². The van der Waals surface area contributed by atoms with Crippen LogP contribution in [0.1, 0.15) is 54.5 Å². The molecule has 0 radical (unpaired) electrons. The molecular formula is C23H27N5OS3. The maximum atomic E-state index is 12.7. The number of aromatic nitrogens is 3. The van der Waals surface area contributed by atoms with E-state index in [9.17, 15) is 10.1 Å². The van der Waals surface area contributed by atoms with E-state index in [1.165, 1.54) is 21.5 Å². The van der Waals surface area contributed by atoms with Crippen molar-refractivity contribution >= 4 is 45.3 Å². The molecule has 1 amide bonds. The summed E-state index contributed by atoms with van der Waals surface area (Å²) >= 11 is 4.69. The van der Waals surface area contributed by atoms with Gasteiger partial charge in [-0.15, -0.1) is 32.9 Å². The van der Waals surface area contributed by atoms with Gasteiger partial charge in [0.05, 0.1) is 11.3 Å². The third-order valence-corrected chi connectivity index (χ3v) is 8.85. The van der Waals surface area contributed by atoms with Crippen molar-refractivity contribution in [1.82, 2.24) is 14.8 Å². The highest BCUT2D eigenvalue weighted by molar-refractivity contribution is 7.99. The number of hydrogen-bond acceptors (Lipinski definition) is 7. The molecule has 1 atom stereocenters. The van der Waals surface area contributed by atoms with E-state index in [-0.39, 0.29) is 11.7 Å². The molecule has 0 saturated carbocycles. The summed E-state index contributed by atoms with van der Waals surface area (Å²) in [4.78, 5) is 15.3. The summed E-state index contributed by atoms with van der Waals surface area (Å²) in [5.74, 6) is 1.60. The Bertz CT molecular complexity index is 1150. The first-order chi connectivity index (χ1) is 15.5. The summed E-state index contributed by atoms with van der Waals surface area (Å²) in [6.45, 7) is 7.31. The molecule has 6 nitrogen and oxygen atoms in total. The Kier molecular flexibility index (Phi) is 7.33. The maximum absolute atomic E-state index is 12.7. The fourth-order valence-corrected chi connectivity index (χ4v) is 6.92. The summed E-state index contributed by atoms with van der Waals surface area (Å²) < 4.78 is 2.10. The molecule has 3 aromatic heterocycles. The monoisotopic (exact) mass is 485 g/mol. The van der Waals surface area contributed by atoms with Crippen LogP contribution in [0.2, 0.25) is 0 Å². The molecule has 0 spiro atoms. The molecule has 0 fully saturated rings. The van der Waals surface area contributed by atoms with Gasteiger partial charge in [-0.2, -0.15) is 5.26 Å². The molecule has 9 heteroatoms. The molecule has 0 bridgehead atoms. The lowest BCUT2D eigenvalue weighted by Crippen LogP contribution is -2.15. The standard InChI is InChI=1S/C23H27N5OS3/c1-4-8-28-21(15-10-16(5-2)30-12-15)26-27-23(28)31-13-20(29)25-22-18(11-24)17-7-6-14(3)9-19(17)32-22/h10,12,14H,4-9,13H2,1-3H3,(H,25,29). The molecule has 1 N–H and O–H groups in total. The van der Waals surface area contributed by atoms with Crippen molar-refractivity contribution in [2.45, 2.75) is 64.6 Å². The van der Waals surface area contributed by atoms with Gasteiger partial charge in [0, 0.05) is 27.2 Å². The molecule has 0 aliphatic heterocycles. The van der Waals surface area contributed by atoms with Gasteiger partial charge in [-0.3, -0.25) is 4.79 Å². The van der Waals surface area contributed by atoms with Crippen molar-refractivity contribution in [2.75, 3.05) is 11.1 Å². The Morgan fingerprint density at radius 2 is 2.25 bits per heavy atom. The van der Waals surface area contributed by atoms with E-state index < -0.39 is 0 Å². The Morgan fingerprint density at radius 1 is 1.41 bits per heavy atom. The fourth-order valence-electron chi connectivity index (χ4n) is 3.97. The van der Waals surface area contributed by atoms with Gasteiger partial charge >= 0.3 is 0 Å². The lowest BCUT2D eigenvalue weighted by molar-refractivity contribution is -0.113. The number of aryl methyl sites for hydroxylation is 1. The molecule has 0 saturated heterocycles. The molecule has 32 heavy (non-hydrogen) atoms. The normalized spacial score (nSPS) is 15.4. The van der Waals surface area contributed by atoms with E-state index >= 15 is 0 Å². The molecule has 4 rings (SSSR count). The van der Waals surface area contributed by atoms with E-state index in [0.717, 1.165) is 60.8 Å². The number of hydrogen-bond donors (Lipinski definition) is 1. The third-order valence-electron chi connectivity index (χ3n) is 5.63. The van der Waals surface area contributed by atoms with Crippen LogP contribution in [0.25, 0.3) is 11.4 Å². The van der Waals surface area contributed by atoms with Crippen molar-refractivity contribution < 1.29 is 4.79 Å². The van der Waals surface area contributed by atoms with Gasteiger partial charge in [-0.25, -0.2) is 0 Å². The number of nitrogens with one attached hydrogen (secondary N) is 1. The molecule has 1 aliphatic carbocycles. The number of anilines is 1. The van der Waals surface area contributed by atoms with E-state index in [1.54, 1.807) is 22.7 Å². The van der Waals surface area contributed by atoms with Crippen LogP contribution in [0.4, 0.5) is 5.00 Å². The van der Waals surface area contributed by atoms with Crippen LogP contribution < -0.4 is 5.32 Å². The Labute approximate surface area is 201 Å². The number of nitriles is 1. The zero-order chi connectivity index (χ0) is 22.7. The molecule has 1 aliphatic rings. The molecular weight excluding hydrogens is 458 g/mol. The van der Waals surface area contributed by atoms with Crippen LogP contribution in [0.5, 0.6) is 0 Å². The summed E-state index contributed by atoms with van der Waals surface area (Å²) in [7, 11) is 0. The van der Waals surface area contributed by atoms with Gasteiger partial charge in [-0.1, -0.05) is 32.5 Å². The van der Waals surface area contributed by atoms with Crippen LogP contribution in [0.15, 0.2) is 16.6 Å². The van der Waals surface area contributed by atoms with Crippen molar-refractivity contribution in [3.63, 3.8) is 0 Å². The number of nitrogens with zero attached hydrogens (tertiary/aromatic N) is 4. The van der Waals surface area contributed by atoms with Crippen LogP contribution in [-0.2, 0) is 30.6 Å². The number of thioether (sulfide) groups is 1. The predicted molar refractivity (Wildman–Crippen MR) is 133 cm³/mol. The number of amides is 1. The molecule has 0 aromatic carbocycles. The number of carbonyl (C=O) groups excluding carboxylic acids is 1. The van der Waals surface area contributed by atoms with E-state index in [1.807, 2.05) is 0 Å². The Morgan fingerprint density at radius 3 is 2.97 bits per heavy atom. The fraction of sp³-hybridized carbons (Fsp3) is 0.478. The highest BCUT2D eigenvalue weighted by atomic mass is 32.2. The first kappa shape index (κ1) is 23.0. The second-order valence-corrected chi connectivity index (χ2v) is 11.2. The summed E-state index contributed by atoms with van der Waals surface area (Å²) in [6, 6.07) is 4.49. The minimum atomic E-state index is -0.116. The summed E-state index contributed by atoms with van der Waals surface area (Å²) in [5, 5.41) is 25.0. The zero-order valence-electron chi connectivity index (χ0n) is 18.6. The van der Waals surface area contributed by atoms with Crippen LogP contribution in [0.3, 0.4) is 0 Å². The Hall–Kier alpha value is -2.15. The molecule has 3 aromatic rings. The molecule has 168 valence electrons. The lowest BCUT2D eigenvalue weighted by Gasteiger charge is -2.17. The predicted octanol–water partition coefficient (Wildman–Crippen LogP) is 5.77.